The van der Waals surface area contributed by atoms with E-state index in [1.165, 1.54) is 0 Å². The number of rotatable bonds is 5. The van der Waals surface area contributed by atoms with Crippen LogP contribution >= 0.6 is 11.8 Å². The van der Waals surface area contributed by atoms with E-state index in [1.54, 1.807) is 23.9 Å². The van der Waals surface area contributed by atoms with Crippen molar-refractivity contribution in [2.45, 2.75) is 51.0 Å². The number of carboxylic acids is 1. The molecule has 1 aromatic rings. The van der Waals surface area contributed by atoms with Crippen molar-refractivity contribution in [3.8, 4) is 0 Å². The third-order valence-electron chi connectivity index (χ3n) is 2.57. The number of carbonyl (C=O) groups is 1. The van der Waals surface area contributed by atoms with E-state index in [1.807, 2.05) is 20.8 Å². The zero-order valence-corrected chi connectivity index (χ0v) is 12.3. The quantitative estimate of drug-likeness (QED) is 0.648. The normalized spacial score (nSPS) is 11.6. The van der Waals surface area contributed by atoms with Crippen molar-refractivity contribution in [3.05, 3.63) is 23.4 Å². The van der Waals surface area contributed by atoms with E-state index in [9.17, 15) is 4.79 Å². The van der Waals surface area contributed by atoms with Crippen molar-refractivity contribution < 1.29 is 9.90 Å². The minimum atomic E-state index is -0.889. The average molecular weight is 267 g/mol. The first kappa shape index (κ1) is 15.0. The molecular formula is C14H21NO2S. The molecule has 3 nitrogen and oxygen atoms in total. The van der Waals surface area contributed by atoms with Gasteiger partial charge in [0, 0.05) is 11.1 Å². The molecule has 1 aromatic heterocycles. The summed E-state index contributed by atoms with van der Waals surface area (Å²) < 4.78 is 0. The van der Waals surface area contributed by atoms with Crippen LogP contribution in [0.5, 0.6) is 0 Å². The molecule has 0 aliphatic carbocycles. The Bertz CT molecular complexity index is 424. The molecule has 0 amide bonds. The molecule has 0 unspecified atom stereocenters. The van der Waals surface area contributed by atoms with E-state index >= 15 is 0 Å². The Kier molecular flexibility index (Phi) is 5.20. The topological polar surface area (TPSA) is 50.2 Å². The molecular weight excluding hydrogens is 246 g/mol. The van der Waals surface area contributed by atoms with Crippen LogP contribution in [-0.2, 0) is 5.41 Å². The molecule has 4 heteroatoms. The summed E-state index contributed by atoms with van der Waals surface area (Å²) in [4.78, 5) is 15.7. The van der Waals surface area contributed by atoms with Crippen LogP contribution in [0.1, 0.15) is 56.6 Å². The second kappa shape index (κ2) is 6.23. The van der Waals surface area contributed by atoms with Gasteiger partial charge in [-0.25, -0.2) is 9.78 Å². The van der Waals surface area contributed by atoms with Crippen LogP contribution < -0.4 is 0 Å². The fourth-order valence-corrected chi connectivity index (χ4v) is 2.42. The highest BCUT2D eigenvalue weighted by Crippen LogP contribution is 2.26. The number of pyridine rings is 1. The van der Waals surface area contributed by atoms with Gasteiger partial charge in [-0.2, -0.15) is 0 Å². The van der Waals surface area contributed by atoms with Gasteiger partial charge < -0.3 is 5.11 Å². The molecule has 0 aromatic carbocycles. The van der Waals surface area contributed by atoms with Gasteiger partial charge in [-0.3, -0.25) is 0 Å². The predicted molar refractivity (Wildman–Crippen MR) is 75.5 cm³/mol. The lowest BCUT2D eigenvalue weighted by molar-refractivity contribution is 0.0696. The van der Waals surface area contributed by atoms with Crippen LogP contribution in [0, 0.1) is 0 Å². The standard InChI is InChI=1S/C14H21NO2S/c1-5-6-7-18-12-9-10(13(16)17)8-11(15-12)14(2,3)4/h8-9H,5-7H2,1-4H3,(H,16,17). The van der Waals surface area contributed by atoms with Gasteiger partial charge in [-0.1, -0.05) is 34.1 Å². The largest absolute Gasteiger partial charge is 0.478 e. The molecule has 1 N–H and O–H groups in total. The van der Waals surface area contributed by atoms with Gasteiger partial charge in [-0.05, 0) is 24.3 Å². The van der Waals surface area contributed by atoms with Crippen LogP contribution in [0.25, 0.3) is 0 Å². The van der Waals surface area contributed by atoms with Crippen molar-refractivity contribution >= 4 is 17.7 Å². The van der Waals surface area contributed by atoms with Crippen LogP contribution in [0.4, 0.5) is 0 Å². The third-order valence-corrected chi connectivity index (χ3v) is 3.56. The van der Waals surface area contributed by atoms with Crippen LogP contribution in [-0.4, -0.2) is 21.8 Å². The average Bonchev–Trinajstić information content (AvgIpc) is 2.28. The molecule has 18 heavy (non-hydrogen) atoms. The molecule has 0 fully saturated rings. The first-order valence-corrected chi connectivity index (χ1v) is 7.22. The number of carboxylic acid groups (broad SMARTS) is 1. The molecule has 0 aliphatic heterocycles. The van der Waals surface area contributed by atoms with Gasteiger partial charge in [0.1, 0.15) is 0 Å². The first-order chi connectivity index (χ1) is 8.34. The summed E-state index contributed by atoms with van der Waals surface area (Å²) in [6, 6.07) is 3.34. The van der Waals surface area contributed by atoms with Gasteiger partial charge in [0.05, 0.1) is 10.6 Å². The Morgan fingerprint density at radius 3 is 2.56 bits per heavy atom. The summed E-state index contributed by atoms with van der Waals surface area (Å²) in [5.41, 5.74) is 1.03. The number of unbranched alkanes of at least 4 members (excludes halogenated alkanes) is 1. The van der Waals surface area contributed by atoms with E-state index in [2.05, 4.69) is 11.9 Å². The summed E-state index contributed by atoms with van der Waals surface area (Å²) in [7, 11) is 0. The van der Waals surface area contributed by atoms with Gasteiger partial charge in [0.2, 0.25) is 0 Å². The highest BCUT2D eigenvalue weighted by Gasteiger charge is 2.19. The van der Waals surface area contributed by atoms with Gasteiger partial charge in [-0.15, -0.1) is 11.8 Å². The summed E-state index contributed by atoms with van der Waals surface area (Å²) in [5.74, 6) is 0.0936. The zero-order chi connectivity index (χ0) is 13.8. The van der Waals surface area contributed by atoms with E-state index in [4.69, 9.17) is 5.11 Å². The van der Waals surface area contributed by atoms with Crippen molar-refractivity contribution in [3.63, 3.8) is 0 Å². The summed E-state index contributed by atoms with van der Waals surface area (Å²) in [5, 5.41) is 9.95. The molecule has 0 saturated carbocycles. The van der Waals surface area contributed by atoms with Gasteiger partial charge in [0.15, 0.2) is 0 Å². The molecule has 1 heterocycles. The Morgan fingerprint density at radius 1 is 1.39 bits per heavy atom. The molecule has 0 radical (unpaired) electrons. The number of hydrogen-bond donors (Lipinski definition) is 1. The SMILES string of the molecule is CCCCSc1cc(C(=O)O)cc(C(C)(C)C)n1. The van der Waals surface area contributed by atoms with Crippen molar-refractivity contribution in [1.29, 1.82) is 0 Å². The van der Waals surface area contributed by atoms with E-state index in [-0.39, 0.29) is 5.41 Å². The lowest BCUT2D eigenvalue weighted by atomic mass is 9.91. The van der Waals surface area contributed by atoms with E-state index in [0.29, 0.717) is 5.56 Å². The maximum absolute atomic E-state index is 11.1. The summed E-state index contributed by atoms with van der Waals surface area (Å²) >= 11 is 1.63. The Hall–Kier alpha value is -1.03. The van der Waals surface area contributed by atoms with Gasteiger partial charge >= 0.3 is 5.97 Å². The molecule has 100 valence electrons. The Labute approximate surface area is 113 Å². The zero-order valence-electron chi connectivity index (χ0n) is 11.5. The minimum Gasteiger partial charge on any atom is -0.478 e. The highest BCUT2D eigenvalue weighted by atomic mass is 32.2. The van der Waals surface area contributed by atoms with E-state index < -0.39 is 5.97 Å². The fraction of sp³-hybridized carbons (Fsp3) is 0.571. The molecule has 0 aliphatic rings. The maximum Gasteiger partial charge on any atom is 0.335 e. The lowest BCUT2D eigenvalue weighted by Gasteiger charge is -2.19. The molecule has 0 spiro atoms. The summed E-state index contributed by atoms with van der Waals surface area (Å²) in [6.07, 6.45) is 2.26. The Balaban J connectivity index is 3.03. The molecule has 1 rings (SSSR count). The maximum atomic E-state index is 11.1. The first-order valence-electron chi connectivity index (χ1n) is 6.23. The molecule has 0 bridgehead atoms. The number of hydrogen-bond acceptors (Lipinski definition) is 3. The second-order valence-corrected chi connectivity index (χ2v) is 6.45. The fourth-order valence-electron chi connectivity index (χ4n) is 1.41. The molecule has 0 saturated heterocycles. The van der Waals surface area contributed by atoms with Crippen LogP contribution in [0.3, 0.4) is 0 Å². The smallest absolute Gasteiger partial charge is 0.335 e. The molecule has 0 atom stereocenters. The Morgan fingerprint density at radius 2 is 2.06 bits per heavy atom. The predicted octanol–water partition coefficient (Wildman–Crippen LogP) is 3.97. The lowest BCUT2D eigenvalue weighted by Crippen LogP contribution is -2.15. The minimum absolute atomic E-state index is 0.133. The van der Waals surface area contributed by atoms with Crippen LogP contribution in [0.2, 0.25) is 0 Å². The monoisotopic (exact) mass is 267 g/mol. The highest BCUT2D eigenvalue weighted by molar-refractivity contribution is 7.99. The summed E-state index contributed by atoms with van der Waals surface area (Å²) in [6.45, 7) is 8.27. The number of nitrogens with zero attached hydrogens (tertiary/aromatic N) is 1. The number of aromatic carboxylic acids is 1. The third kappa shape index (κ3) is 4.33. The number of aromatic nitrogens is 1. The van der Waals surface area contributed by atoms with E-state index in [0.717, 1.165) is 29.3 Å². The second-order valence-electron chi connectivity index (χ2n) is 5.34. The van der Waals surface area contributed by atoms with Gasteiger partial charge in [0.25, 0.3) is 0 Å². The number of thioether (sulfide) groups is 1. The van der Waals surface area contributed by atoms with Crippen molar-refractivity contribution in [2.75, 3.05) is 5.75 Å². The van der Waals surface area contributed by atoms with Crippen molar-refractivity contribution in [1.82, 2.24) is 4.98 Å². The van der Waals surface area contributed by atoms with Crippen LogP contribution in [0.15, 0.2) is 17.2 Å². The van der Waals surface area contributed by atoms with Crippen molar-refractivity contribution in [2.24, 2.45) is 0 Å².